The Labute approximate surface area is 126 Å². The van der Waals surface area contributed by atoms with Crippen molar-refractivity contribution in [1.29, 1.82) is 0 Å². The van der Waals surface area contributed by atoms with E-state index in [4.69, 9.17) is 0 Å². The predicted octanol–water partition coefficient (Wildman–Crippen LogP) is 1.48. The fourth-order valence-corrected chi connectivity index (χ4v) is 4.16. The molecule has 0 saturated carbocycles. The summed E-state index contributed by atoms with van der Waals surface area (Å²) >= 11 is 0. The molecule has 21 heavy (non-hydrogen) atoms. The van der Waals surface area contributed by atoms with Crippen molar-refractivity contribution in [3.63, 3.8) is 0 Å². The van der Waals surface area contributed by atoms with Crippen LogP contribution in [0.15, 0.2) is 30.3 Å². The molecule has 3 atom stereocenters. The average molecular weight is 285 g/mol. The third kappa shape index (κ3) is 2.42. The molecule has 1 amide bonds. The summed E-state index contributed by atoms with van der Waals surface area (Å²) in [6, 6.07) is 11.6. The van der Waals surface area contributed by atoms with Crippen LogP contribution >= 0.6 is 0 Å². The van der Waals surface area contributed by atoms with E-state index in [1.54, 1.807) is 0 Å². The minimum atomic E-state index is 0.243. The number of fused-ring (bicyclic) bond motifs is 2. The summed E-state index contributed by atoms with van der Waals surface area (Å²) in [5, 5.41) is 3.57. The minimum absolute atomic E-state index is 0.243. The normalized spacial score (nSPS) is 31.7. The number of amides is 1. The number of carbonyl (C=O) groups is 1. The summed E-state index contributed by atoms with van der Waals surface area (Å²) in [6.45, 7) is 3.62. The molecule has 3 heterocycles. The monoisotopic (exact) mass is 285 g/mol. The molecule has 3 saturated heterocycles. The molecule has 4 rings (SSSR count). The maximum Gasteiger partial charge on any atom is 0.227 e. The molecule has 3 aliphatic heterocycles. The molecule has 4 heteroatoms. The van der Waals surface area contributed by atoms with Gasteiger partial charge in [0, 0.05) is 44.0 Å². The number of hydrogen-bond donors (Lipinski definition) is 1. The first-order valence-electron chi connectivity index (χ1n) is 8.16. The zero-order valence-electron chi connectivity index (χ0n) is 12.4. The number of piperazine rings is 1. The summed E-state index contributed by atoms with van der Waals surface area (Å²) in [5.74, 6) is 0.634. The van der Waals surface area contributed by atoms with Crippen molar-refractivity contribution < 1.29 is 4.79 Å². The Kier molecular flexibility index (Phi) is 3.34. The van der Waals surface area contributed by atoms with Gasteiger partial charge in [0.25, 0.3) is 0 Å². The minimum Gasteiger partial charge on any atom is -0.368 e. The van der Waals surface area contributed by atoms with E-state index in [-0.39, 0.29) is 5.92 Å². The van der Waals surface area contributed by atoms with Crippen LogP contribution < -0.4 is 10.2 Å². The molecule has 2 bridgehead atoms. The third-order valence-corrected chi connectivity index (χ3v) is 5.33. The van der Waals surface area contributed by atoms with Crippen molar-refractivity contribution >= 4 is 11.6 Å². The Bertz CT molecular complexity index is 510. The number of benzene rings is 1. The quantitative estimate of drug-likeness (QED) is 0.894. The zero-order chi connectivity index (χ0) is 14.2. The van der Waals surface area contributed by atoms with E-state index >= 15 is 0 Å². The summed E-state index contributed by atoms with van der Waals surface area (Å²) in [5.41, 5.74) is 1.27. The fourth-order valence-electron chi connectivity index (χ4n) is 4.16. The molecule has 112 valence electrons. The Hall–Kier alpha value is -1.55. The Morgan fingerprint density at radius 1 is 1.05 bits per heavy atom. The fraction of sp³-hybridized carbons (Fsp3) is 0.588. The van der Waals surface area contributed by atoms with Gasteiger partial charge in [-0.2, -0.15) is 0 Å². The number of nitrogens with zero attached hydrogens (tertiary/aromatic N) is 2. The van der Waals surface area contributed by atoms with Gasteiger partial charge >= 0.3 is 0 Å². The molecule has 3 unspecified atom stereocenters. The van der Waals surface area contributed by atoms with Crippen molar-refractivity contribution in [2.75, 3.05) is 31.1 Å². The van der Waals surface area contributed by atoms with E-state index in [0.717, 1.165) is 32.6 Å². The summed E-state index contributed by atoms with van der Waals surface area (Å²) in [7, 11) is 0. The molecule has 1 N–H and O–H groups in total. The van der Waals surface area contributed by atoms with Gasteiger partial charge in [-0.05, 0) is 31.4 Å². The van der Waals surface area contributed by atoms with E-state index in [1.807, 2.05) is 6.07 Å². The number of carbonyl (C=O) groups excluding carboxylic acids is 1. The Balaban J connectivity index is 1.36. The number of anilines is 1. The van der Waals surface area contributed by atoms with Crippen LogP contribution in [0.1, 0.15) is 19.3 Å². The predicted molar refractivity (Wildman–Crippen MR) is 83.3 cm³/mol. The lowest BCUT2D eigenvalue weighted by molar-refractivity contribution is -0.136. The highest BCUT2D eigenvalue weighted by Crippen LogP contribution is 2.34. The highest BCUT2D eigenvalue weighted by molar-refractivity contribution is 5.80. The standard InChI is InChI=1S/C17H23N3O/c21-17(15-12-13-6-7-16(15)18-13)20-10-8-19(9-11-20)14-4-2-1-3-5-14/h1-5,13,15-16,18H,6-12H2. The molecule has 0 aromatic heterocycles. The van der Waals surface area contributed by atoms with Crippen molar-refractivity contribution in [3.05, 3.63) is 30.3 Å². The molecule has 0 aliphatic carbocycles. The second-order valence-corrected chi connectivity index (χ2v) is 6.54. The van der Waals surface area contributed by atoms with Gasteiger partial charge in [-0.3, -0.25) is 4.79 Å². The van der Waals surface area contributed by atoms with Gasteiger partial charge in [-0.15, -0.1) is 0 Å². The van der Waals surface area contributed by atoms with E-state index in [1.165, 1.54) is 18.5 Å². The van der Waals surface area contributed by atoms with E-state index in [9.17, 15) is 4.79 Å². The van der Waals surface area contributed by atoms with Gasteiger partial charge in [0.2, 0.25) is 5.91 Å². The molecule has 3 fully saturated rings. The van der Waals surface area contributed by atoms with Crippen molar-refractivity contribution in [1.82, 2.24) is 10.2 Å². The van der Waals surface area contributed by atoms with Crippen LogP contribution in [-0.4, -0.2) is 49.1 Å². The van der Waals surface area contributed by atoms with E-state index < -0.39 is 0 Å². The number of hydrogen-bond acceptors (Lipinski definition) is 3. The molecular formula is C17H23N3O. The van der Waals surface area contributed by atoms with Gasteiger partial charge < -0.3 is 15.1 Å². The smallest absolute Gasteiger partial charge is 0.227 e. The number of para-hydroxylation sites is 1. The second kappa shape index (κ2) is 5.34. The van der Waals surface area contributed by atoms with Crippen LogP contribution in [0.5, 0.6) is 0 Å². The van der Waals surface area contributed by atoms with Crippen molar-refractivity contribution in [2.45, 2.75) is 31.3 Å². The van der Waals surface area contributed by atoms with Gasteiger partial charge in [0.15, 0.2) is 0 Å². The van der Waals surface area contributed by atoms with Crippen LogP contribution in [0, 0.1) is 5.92 Å². The molecular weight excluding hydrogens is 262 g/mol. The lowest BCUT2D eigenvalue weighted by atomic mass is 9.88. The first-order chi connectivity index (χ1) is 10.3. The Morgan fingerprint density at radius 3 is 2.43 bits per heavy atom. The average Bonchev–Trinajstić information content (AvgIpc) is 3.18. The van der Waals surface area contributed by atoms with Crippen molar-refractivity contribution in [3.8, 4) is 0 Å². The molecule has 0 spiro atoms. The van der Waals surface area contributed by atoms with E-state index in [2.05, 4.69) is 39.4 Å². The topological polar surface area (TPSA) is 35.6 Å². The highest BCUT2D eigenvalue weighted by Gasteiger charge is 2.44. The summed E-state index contributed by atoms with van der Waals surface area (Å²) < 4.78 is 0. The van der Waals surface area contributed by atoms with Crippen LogP contribution in [0.2, 0.25) is 0 Å². The van der Waals surface area contributed by atoms with Gasteiger partial charge in [-0.1, -0.05) is 18.2 Å². The zero-order valence-corrected chi connectivity index (χ0v) is 12.4. The van der Waals surface area contributed by atoms with Crippen molar-refractivity contribution in [2.24, 2.45) is 5.92 Å². The highest BCUT2D eigenvalue weighted by atomic mass is 16.2. The van der Waals surface area contributed by atoms with Gasteiger partial charge in [-0.25, -0.2) is 0 Å². The second-order valence-electron chi connectivity index (χ2n) is 6.54. The maximum absolute atomic E-state index is 12.7. The lowest BCUT2D eigenvalue weighted by Gasteiger charge is -2.38. The van der Waals surface area contributed by atoms with E-state index in [0.29, 0.717) is 18.0 Å². The lowest BCUT2D eigenvalue weighted by Crippen LogP contribution is -2.51. The Morgan fingerprint density at radius 2 is 1.81 bits per heavy atom. The maximum atomic E-state index is 12.7. The molecule has 1 aromatic carbocycles. The number of rotatable bonds is 2. The molecule has 4 nitrogen and oxygen atoms in total. The SMILES string of the molecule is O=C(C1CC2CCC1N2)N1CCN(c2ccccc2)CC1. The largest absolute Gasteiger partial charge is 0.368 e. The van der Waals surface area contributed by atoms with Gasteiger partial charge in [0.05, 0.1) is 5.92 Å². The van der Waals surface area contributed by atoms with Crippen LogP contribution in [0.3, 0.4) is 0 Å². The summed E-state index contributed by atoms with van der Waals surface area (Å²) in [4.78, 5) is 17.2. The molecule has 3 aliphatic rings. The number of nitrogens with one attached hydrogen (secondary N) is 1. The summed E-state index contributed by atoms with van der Waals surface area (Å²) in [6.07, 6.45) is 3.50. The first kappa shape index (κ1) is 13.1. The van der Waals surface area contributed by atoms with Crippen LogP contribution in [0.4, 0.5) is 5.69 Å². The van der Waals surface area contributed by atoms with Gasteiger partial charge in [0.1, 0.15) is 0 Å². The molecule has 0 radical (unpaired) electrons. The van der Waals surface area contributed by atoms with Crippen LogP contribution in [-0.2, 0) is 4.79 Å². The molecule has 1 aromatic rings. The van der Waals surface area contributed by atoms with Crippen LogP contribution in [0.25, 0.3) is 0 Å². The third-order valence-electron chi connectivity index (χ3n) is 5.33. The first-order valence-corrected chi connectivity index (χ1v) is 8.16.